The molecule has 1 saturated carbocycles. The molecule has 1 aliphatic heterocycles. The highest BCUT2D eigenvalue weighted by Crippen LogP contribution is 2.40. The van der Waals surface area contributed by atoms with E-state index in [9.17, 15) is 4.79 Å². The predicted molar refractivity (Wildman–Crippen MR) is 111 cm³/mol. The highest BCUT2D eigenvalue weighted by Gasteiger charge is 2.41. The third kappa shape index (κ3) is 3.86. The third-order valence-corrected chi connectivity index (χ3v) is 6.79. The summed E-state index contributed by atoms with van der Waals surface area (Å²) in [5.41, 5.74) is 2.72. The average molecular weight is 422 g/mol. The van der Waals surface area contributed by atoms with Gasteiger partial charge in [-0.05, 0) is 38.3 Å². The molecule has 3 aromatic rings. The molecule has 4 heterocycles. The van der Waals surface area contributed by atoms with Crippen molar-refractivity contribution in [1.29, 1.82) is 0 Å². The largest absolute Gasteiger partial charge is 0.361 e. The molecule has 1 saturated heterocycles. The lowest BCUT2D eigenvalue weighted by Gasteiger charge is -2.16. The van der Waals surface area contributed by atoms with E-state index in [0.717, 1.165) is 35.5 Å². The van der Waals surface area contributed by atoms with Crippen LogP contribution >= 0.6 is 0 Å². The van der Waals surface area contributed by atoms with Crippen molar-refractivity contribution in [3.05, 3.63) is 58.8 Å². The minimum absolute atomic E-state index is 0.0412. The van der Waals surface area contributed by atoms with Gasteiger partial charge in [-0.25, -0.2) is 0 Å². The molecule has 0 bridgehead atoms. The first-order valence-electron chi connectivity index (χ1n) is 11.0. The molecule has 8 nitrogen and oxygen atoms in total. The zero-order chi connectivity index (χ0) is 21.4. The van der Waals surface area contributed by atoms with Crippen LogP contribution in [0.1, 0.15) is 77.7 Å². The molecular formula is C23H27N5O3. The number of nitrogens with zero attached hydrogens (tertiary/aromatic N) is 5. The average Bonchev–Trinajstić information content (AvgIpc) is 3.57. The summed E-state index contributed by atoms with van der Waals surface area (Å²) in [5.74, 6) is 2.62. The van der Waals surface area contributed by atoms with Crippen LogP contribution in [0.25, 0.3) is 0 Å². The minimum atomic E-state index is -0.0412. The van der Waals surface area contributed by atoms with Gasteiger partial charge in [-0.15, -0.1) is 0 Å². The Morgan fingerprint density at radius 1 is 1.13 bits per heavy atom. The zero-order valence-corrected chi connectivity index (χ0v) is 18.0. The van der Waals surface area contributed by atoms with E-state index in [1.165, 1.54) is 12.8 Å². The van der Waals surface area contributed by atoms with Gasteiger partial charge in [0.05, 0.1) is 18.0 Å². The Morgan fingerprint density at radius 2 is 1.94 bits per heavy atom. The van der Waals surface area contributed by atoms with E-state index in [4.69, 9.17) is 14.0 Å². The van der Waals surface area contributed by atoms with E-state index in [1.54, 1.807) is 6.20 Å². The van der Waals surface area contributed by atoms with Crippen LogP contribution in [0.5, 0.6) is 0 Å². The molecule has 31 heavy (non-hydrogen) atoms. The van der Waals surface area contributed by atoms with E-state index >= 15 is 0 Å². The van der Waals surface area contributed by atoms with E-state index in [-0.39, 0.29) is 24.2 Å². The molecule has 2 aliphatic rings. The maximum atomic E-state index is 13.2. The van der Waals surface area contributed by atoms with E-state index in [1.807, 2.05) is 31.0 Å². The van der Waals surface area contributed by atoms with Gasteiger partial charge < -0.3 is 13.9 Å². The first kappa shape index (κ1) is 19.9. The molecule has 3 aromatic heterocycles. The van der Waals surface area contributed by atoms with Crippen LogP contribution in [0.3, 0.4) is 0 Å². The summed E-state index contributed by atoms with van der Waals surface area (Å²) >= 11 is 0. The highest BCUT2D eigenvalue weighted by atomic mass is 16.5. The van der Waals surface area contributed by atoms with E-state index in [2.05, 4.69) is 21.4 Å². The Balaban J connectivity index is 1.40. The maximum absolute atomic E-state index is 13.2. The highest BCUT2D eigenvalue weighted by molar-refractivity contribution is 5.79. The minimum Gasteiger partial charge on any atom is -0.361 e. The summed E-state index contributed by atoms with van der Waals surface area (Å²) in [6, 6.07) is 3.99. The van der Waals surface area contributed by atoms with Crippen molar-refractivity contribution < 1.29 is 13.8 Å². The molecule has 0 radical (unpaired) electrons. The second-order valence-electron chi connectivity index (χ2n) is 8.75. The summed E-state index contributed by atoms with van der Waals surface area (Å²) in [6.45, 7) is 4.86. The van der Waals surface area contributed by atoms with Crippen LogP contribution in [-0.4, -0.2) is 44.2 Å². The molecule has 0 unspecified atom stereocenters. The van der Waals surface area contributed by atoms with Gasteiger partial charge in [0.25, 0.3) is 0 Å². The molecule has 162 valence electrons. The van der Waals surface area contributed by atoms with Gasteiger partial charge in [0.15, 0.2) is 5.82 Å². The third-order valence-electron chi connectivity index (χ3n) is 6.79. The molecule has 0 spiro atoms. The number of likely N-dealkylation sites (tertiary alicyclic amines) is 1. The molecule has 8 heteroatoms. The zero-order valence-electron chi connectivity index (χ0n) is 18.0. The molecule has 2 atom stereocenters. The lowest BCUT2D eigenvalue weighted by Crippen LogP contribution is -2.30. The Kier molecular flexibility index (Phi) is 5.29. The Hall–Kier alpha value is -3.03. The molecule has 5 rings (SSSR count). The topological polar surface area (TPSA) is 98.2 Å². The van der Waals surface area contributed by atoms with Crippen LogP contribution < -0.4 is 0 Å². The van der Waals surface area contributed by atoms with Crippen molar-refractivity contribution >= 4 is 5.91 Å². The predicted octanol–water partition coefficient (Wildman–Crippen LogP) is 3.68. The molecule has 2 fully saturated rings. The lowest BCUT2D eigenvalue weighted by molar-refractivity contribution is -0.129. The number of hydrogen-bond donors (Lipinski definition) is 0. The molecule has 0 N–H and O–H groups in total. The fraction of sp³-hybridized carbons (Fsp3) is 0.522. The van der Waals surface area contributed by atoms with Gasteiger partial charge >= 0.3 is 0 Å². The number of carbonyl (C=O) groups excluding carboxylic acids is 1. The van der Waals surface area contributed by atoms with Crippen molar-refractivity contribution in [2.75, 3.05) is 13.1 Å². The van der Waals surface area contributed by atoms with Gasteiger partial charge in [0.1, 0.15) is 5.76 Å². The number of aryl methyl sites for hydroxylation is 2. The smallest absolute Gasteiger partial charge is 0.232 e. The Labute approximate surface area is 181 Å². The first-order chi connectivity index (χ1) is 15.1. The second kappa shape index (κ2) is 8.24. The monoisotopic (exact) mass is 421 g/mol. The van der Waals surface area contributed by atoms with Gasteiger partial charge in [-0.1, -0.05) is 29.2 Å². The quantitative estimate of drug-likeness (QED) is 0.620. The summed E-state index contributed by atoms with van der Waals surface area (Å²) in [6.07, 6.45) is 8.60. The van der Waals surface area contributed by atoms with E-state index < -0.39 is 0 Å². The summed E-state index contributed by atoms with van der Waals surface area (Å²) < 4.78 is 11.0. The van der Waals surface area contributed by atoms with Crippen LogP contribution in [-0.2, 0) is 11.2 Å². The van der Waals surface area contributed by atoms with Crippen LogP contribution in [0.15, 0.2) is 33.6 Å². The van der Waals surface area contributed by atoms with Crippen molar-refractivity contribution in [3.8, 4) is 0 Å². The van der Waals surface area contributed by atoms with Crippen molar-refractivity contribution in [2.45, 2.75) is 63.7 Å². The molecular weight excluding hydrogens is 394 g/mol. The van der Waals surface area contributed by atoms with Gasteiger partial charge in [-0.3, -0.25) is 9.78 Å². The number of amides is 1. The number of hydrogen-bond acceptors (Lipinski definition) is 7. The van der Waals surface area contributed by atoms with Crippen molar-refractivity contribution in [3.63, 3.8) is 0 Å². The number of rotatable bonds is 5. The number of carbonyl (C=O) groups is 1. The fourth-order valence-corrected chi connectivity index (χ4v) is 4.96. The normalized spacial score (nSPS) is 21.8. The van der Waals surface area contributed by atoms with E-state index in [0.29, 0.717) is 30.7 Å². The first-order valence-corrected chi connectivity index (χ1v) is 11.0. The van der Waals surface area contributed by atoms with Gasteiger partial charge in [-0.2, -0.15) is 4.98 Å². The second-order valence-corrected chi connectivity index (χ2v) is 8.75. The van der Waals surface area contributed by atoms with Crippen LogP contribution in [0.2, 0.25) is 0 Å². The fourth-order valence-electron chi connectivity index (χ4n) is 4.96. The van der Waals surface area contributed by atoms with Crippen molar-refractivity contribution in [2.24, 2.45) is 0 Å². The summed E-state index contributed by atoms with van der Waals surface area (Å²) in [5, 5.41) is 8.27. The SMILES string of the molecule is Cc1noc(C)c1CC(=O)N1C[C@@H](c2cccnc2)[C@H](c2nc(C3CCCC3)no2)C1. The summed E-state index contributed by atoms with van der Waals surface area (Å²) in [4.78, 5) is 24.1. The lowest BCUT2D eigenvalue weighted by atomic mass is 9.90. The standard InChI is InChI=1S/C23H27N5O3/c1-14-18(15(2)30-26-14)10-21(29)28-12-19(17-8-5-9-24-11-17)20(13-28)23-25-22(27-31-23)16-6-3-4-7-16/h5,8-9,11,16,19-20H,3-4,6-7,10,12-13H2,1-2H3/t19-,20+/m0/s1. The van der Waals surface area contributed by atoms with Crippen LogP contribution in [0, 0.1) is 13.8 Å². The Bertz CT molecular complexity index is 1030. The number of aromatic nitrogens is 4. The summed E-state index contributed by atoms with van der Waals surface area (Å²) in [7, 11) is 0. The Morgan fingerprint density at radius 3 is 2.65 bits per heavy atom. The van der Waals surface area contributed by atoms with Crippen molar-refractivity contribution in [1.82, 2.24) is 25.2 Å². The molecule has 0 aromatic carbocycles. The molecule has 1 aliphatic carbocycles. The van der Waals surface area contributed by atoms with Crippen LogP contribution in [0.4, 0.5) is 0 Å². The van der Waals surface area contributed by atoms with Gasteiger partial charge in [0.2, 0.25) is 11.8 Å². The van der Waals surface area contributed by atoms with Gasteiger partial charge in [0, 0.05) is 42.9 Å². The maximum Gasteiger partial charge on any atom is 0.232 e. The molecule has 1 amide bonds. The number of pyridine rings is 1.